The van der Waals surface area contributed by atoms with Crippen LogP contribution in [0.3, 0.4) is 0 Å². The summed E-state index contributed by atoms with van der Waals surface area (Å²) < 4.78 is 8.02. The molecule has 2 N–H and O–H groups in total. The van der Waals surface area contributed by atoms with E-state index in [1.165, 1.54) is 0 Å². The number of hydrogen-bond donors (Lipinski definition) is 2. The van der Waals surface area contributed by atoms with Crippen LogP contribution in [0.5, 0.6) is 0 Å². The minimum absolute atomic E-state index is 0.122. The Balaban J connectivity index is 4.46. The monoisotopic (exact) mass is 321 g/mol. The third kappa shape index (κ3) is 7.24. The molecule has 0 rings (SSSR count). The number of methoxy groups -OCH3 is 1. The molecule has 124 valence electrons. The van der Waals surface area contributed by atoms with Crippen molar-refractivity contribution in [3.63, 3.8) is 0 Å². The van der Waals surface area contributed by atoms with Crippen LogP contribution in [0.2, 0.25) is 0 Å². The van der Waals surface area contributed by atoms with Gasteiger partial charge in [-0.05, 0) is 31.1 Å². The molecule has 0 heterocycles. The summed E-state index contributed by atoms with van der Waals surface area (Å²) in [5, 5.41) is 19.1. The minimum Gasteiger partial charge on any atom is -0.481 e. The van der Waals surface area contributed by atoms with Gasteiger partial charge in [-0.15, -0.1) is 4.91 Å². The molecule has 0 amide bonds. The largest absolute Gasteiger partial charge is 0.481 e. The Kier molecular flexibility index (Phi) is 10.6. The number of carbonyl (C=O) groups is 1. The molecule has 0 aliphatic heterocycles. The Labute approximate surface area is 130 Å². The fraction of sp³-hybridized carbons (Fsp3) is 0.929. The van der Waals surface area contributed by atoms with Crippen molar-refractivity contribution in [1.29, 1.82) is 0 Å². The van der Waals surface area contributed by atoms with Gasteiger partial charge in [0.2, 0.25) is 0 Å². The zero-order chi connectivity index (χ0) is 16.4. The van der Waals surface area contributed by atoms with Gasteiger partial charge in [-0.25, -0.2) is 0 Å². The second-order valence-electron chi connectivity index (χ2n) is 5.50. The van der Waals surface area contributed by atoms with Gasteiger partial charge in [-0.2, -0.15) is 0 Å². The number of nitroso groups, excluding NO2 is 1. The molecule has 0 spiro atoms. The predicted molar refractivity (Wildman–Crippen MR) is 84.0 cm³/mol. The quantitative estimate of drug-likeness (QED) is 0.424. The van der Waals surface area contributed by atoms with Crippen LogP contribution in [0.1, 0.15) is 40.0 Å². The molecule has 0 aromatic heterocycles. The van der Waals surface area contributed by atoms with E-state index in [-0.39, 0.29) is 23.7 Å². The SMILES string of the molecule is CCC(O)C(OC)C(C)C(C)CCC(CSN=O)C(=O)O. The van der Waals surface area contributed by atoms with Gasteiger partial charge in [0.15, 0.2) is 0 Å². The van der Waals surface area contributed by atoms with E-state index in [0.29, 0.717) is 19.3 Å². The third-order valence-corrected chi connectivity index (χ3v) is 4.79. The Bertz CT molecular complexity index is 316. The van der Waals surface area contributed by atoms with E-state index >= 15 is 0 Å². The Morgan fingerprint density at radius 2 is 1.95 bits per heavy atom. The fourth-order valence-corrected chi connectivity index (χ4v) is 2.95. The lowest BCUT2D eigenvalue weighted by Crippen LogP contribution is -2.36. The summed E-state index contributed by atoms with van der Waals surface area (Å²) in [6.07, 6.45) is 1.04. The highest BCUT2D eigenvalue weighted by Gasteiger charge is 2.29. The van der Waals surface area contributed by atoms with Crippen molar-refractivity contribution in [1.82, 2.24) is 0 Å². The van der Waals surface area contributed by atoms with E-state index in [4.69, 9.17) is 9.84 Å². The number of carboxylic acids is 1. The Morgan fingerprint density at radius 3 is 2.38 bits per heavy atom. The molecule has 0 fully saturated rings. The standard InChI is InChI=1S/C14H27NO5S/c1-5-12(16)13(20-4)10(3)9(2)6-7-11(14(17)18)8-21-15-19/h9-13,16H,5-8H2,1-4H3,(H,17,18). The summed E-state index contributed by atoms with van der Waals surface area (Å²) in [5.74, 6) is -0.934. The molecule has 0 aromatic rings. The van der Waals surface area contributed by atoms with Gasteiger partial charge in [-0.3, -0.25) is 4.79 Å². The van der Waals surface area contributed by atoms with Gasteiger partial charge in [0.1, 0.15) is 0 Å². The van der Waals surface area contributed by atoms with Crippen LogP contribution in [0, 0.1) is 22.7 Å². The maximum Gasteiger partial charge on any atom is 0.307 e. The number of rotatable bonds is 12. The normalized spacial score (nSPS) is 18.5. The van der Waals surface area contributed by atoms with E-state index in [0.717, 1.165) is 11.9 Å². The number of nitrogens with zero attached hydrogens (tertiary/aromatic N) is 1. The van der Waals surface area contributed by atoms with Crippen molar-refractivity contribution >= 4 is 17.9 Å². The second-order valence-corrected chi connectivity index (χ2v) is 6.24. The fourth-order valence-electron chi connectivity index (χ4n) is 2.40. The van der Waals surface area contributed by atoms with Crippen LogP contribution in [0.15, 0.2) is 4.58 Å². The van der Waals surface area contributed by atoms with Crippen LogP contribution in [-0.2, 0) is 9.53 Å². The first-order valence-electron chi connectivity index (χ1n) is 7.27. The molecule has 5 atom stereocenters. The van der Waals surface area contributed by atoms with E-state index < -0.39 is 18.0 Å². The summed E-state index contributed by atoms with van der Waals surface area (Å²) in [6.45, 7) is 5.94. The van der Waals surface area contributed by atoms with E-state index in [9.17, 15) is 14.8 Å². The lowest BCUT2D eigenvalue weighted by Gasteiger charge is -2.31. The number of aliphatic carboxylic acids is 1. The number of aliphatic hydroxyl groups is 1. The lowest BCUT2D eigenvalue weighted by molar-refractivity contribution is -0.141. The first-order valence-corrected chi connectivity index (χ1v) is 8.21. The minimum atomic E-state index is -0.900. The topological polar surface area (TPSA) is 96.2 Å². The van der Waals surface area contributed by atoms with E-state index in [2.05, 4.69) is 4.58 Å². The summed E-state index contributed by atoms with van der Waals surface area (Å²) in [6, 6.07) is 0. The van der Waals surface area contributed by atoms with Crippen molar-refractivity contribution in [3.8, 4) is 0 Å². The average Bonchev–Trinajstić information content (AvgIpc) is 2.46. The highest BCUT2D eigenvalue weighted by atomic mass is 32.2. The van der Waals surface area contributed by atoms with Crippen LogP contribution < -0.4 is 0 Å². The molecule has 21 heavy (non-hydrogen) atoms. The Hall–Kier alpha value is -0.660. The maximum atomic E-state index is 11.1. The average molecular weight is 321 g/mol. The summed E-state index contributed by atoms with van der Waals surface area (Å²) in [5.41, 5.74) is 0. The molecule has 0 radical (unpaired) electrons. The predicted octanol–water partition coefficient (Wildman–Crippen LogP) is 2.94. The van der Waals surface area contributed by atoms with Crippen LogP contribution in [0.25, 0.3) is 0 Å². The molecule has 6 nitrogen and oxygen atoms in total. The number of aliphatic hydroxyl groups excluding tert-OH is 1. The van der Waals surface area contributed by atoms with E-state index in [1.54, 1.807) is 7.11 Å². The van der Waals surface area contributed by atoms with Crippen molar-refractivity contribution < 1.29 is 19.7 Å². The molecular weight excluding hydrogens is 294 g/mol. The van der Waals surface area contributed by atoms with Crippen LogP contribution in [-0.4, -0.2) is 41.3 Å². The molecule has 0 aromatic carbocycles. The summed E-state index contributed by atoms with van der Waals surface area (Å²) in [7, 11) is 1.58. The first kappa shape index (κ1) is 20.3. The van der Waals surface area contributed by atoms with Gasteiger partial charge < -0.3 is 14.9 Å². The van der Waals surface area contributed by atoms with Gasteiger partial charge in [0, 0.05) is 29.4 Å². The highest BCUT2D eigenvalue weighted by molar-refractivity contribution is 7.97. The molecule has 0 bridgehead atoms. The van der Waals surface area contributed by atoms with Crippen molar-refractivity contribution in [3.05, 3.63) is 4.91 Å². The smallest absolute Gasteiger partial charge is 0.307 e. The molecule has 0 saturated heterocycles. The summed E-state index contributed by atoms with van der Waals surface area (Å²) >= 11 is 0.748. The molecule has 0 aliphatic rings. The molecule has 0 aliphatic carbocycles. The molecule has 5 unspecified atom stereocenters. The van der Waals surface area contributed by atoms with Gasteiger partial charge in [-0.1, -0.05) is 20.8 Å². The molecular formula is C14H27NO5S. The zero-order valence-corrected chi connectivity index (χ0v) is 14.0. The number of hydrogen-bond acceptors (Lipinski definition) is 6. The third-order valence-electron chi connectivity index (χ3n) is 4.13. The highest BCUT2D eigenvalue weighted by Crippen LogP contribution is 2.27. The summed E-state index contributed by atoms with van der Waals surface area (Å²) in [4.78, 5) is 21.2. The van der Waals surface area contributed by atoms with Crippen LogP contribution in [0.4, 0.5) is 0 Å². The molecule has 0 saturated carbocycles. The van der Waals surface area contributed by atoms with Gasteiger partial charge >= 0.3 is 5.97 Å². The van der Waals surface area contributed by atoms with Crippen LogP contribution >= 0.6 is 11.9 Å². The number of ether oxygens (including phenoxy) is 1. The second kappa shape index (κ2) is 11.0. The van der Waals surface area contributed by atoms with Crippen molar-refractivity contribution in [2.45, 2.75) is 52.2 Å². The molecule has 7 heteroatoms. The first-order chi connectivity index (χ1) is 9.88. The van der Waals surface area contributed by atoms with E-state index in [1.807, 2.05) is 20.8 Å². The lowest BCUT2D eigenvalue weighted by atomic mass is 9.83. The number of carboxylic acid groups (broad SMARTS) is 1. The van der Waals surface area contributed by atoms with Crippen molar-refractivity contribution in [2.24, 2.45) is 22.3 Å². The van der Waals surface area contributed by atoms with Gasteiger partial charge in [0.25, 0.3) is 0 Å². The Morgan fingerprint density at radius 1 is 1.33 bits per heavy atom. The van der Waals surface area contributed by atoms with Gasteiger partial charge in [0.05, 0.1) is 18.1 Å². The zero-order valence-electron chi connectivity index (χ0n) is 13.2. The maximum absolute atomic E-state index is 11.1. The van der Waals surface area contributed by atoms with Crippen molar-refractivity contribution in [2.75, 3.05) is 12.9 Å².